The highest BCUT2D eigenvalue weighted by atomic mass is 33.1. The summed E-state index contributed by atoms with van der Waals surface area (Å²) in [5.41, 5.74) is -1.17. The SMILES string of the molecule is CO[C@@H]1CC(C(=O)CCCCC(=O)CCCSSCC(C)(C)OCCOCCC(=O)CC(CCCOC(=O)CCCCCCCNC(=O)CCCOC2OC(CO)C(O)C(O)C2C)(CCCOC(=O)CCCCCCCNC(=O)CCCOC2OC(CO)C(O)C(O)C2C)CCCOC(=O)NCCCCCCCC(=O)CCCOC2CC(CO)C(O)C(O)C2C)[C@@H](CO)C1. The van der Waals surface area contributed by atoms with Crippen molar-refractivity contribution in [3.63, 3.8) is 0 Å². The maximum absolute atomic E-state index is 14.3. The van der Waals surface area contributed by atoms with Crippen LogP contribution < -0.4 is 16.0 Å². The summed E-state index contributed by atoms with van der Waals surface area (Å²) in [6, 6.07) is 0. The number of esters is 2. The standard InChI is InChI=1S/C94H167N3O30S2/c1-66-77(58-70(62-99)87(113)84(66)110)119-47-24-33-71(102)31-16-10-7-15-23-46-97-92(116)124-52-30-43-94(41-28-50-120-82(108)38-17-11-8-13-21-44-95-80(106)36-25-48-122-90-67(2)85(111)88(114)78(63-100)126-90,42-29-51-121-83(109)39-18-12-9-14-22-45-96-81(107)37-26-49-123-91-68(3)86(112)89(115)79(64-101)127-91)60-73(104)40-53-118-54-55-125-93(4,5)65-129-128-56-27-34-72(103)32-19-20-35-76(105)75-59-74(117-6)57-69(75)61-98/h66-70,74-75,77-79,84-91,98-101,110-115H,7-65H2,1-6H3,(H,95,106)(H,96,107)(H,97,116)/t66?,67?,68?,69-,70?,74+,75?,77?,78?,79?,84?,85?,86?,87?,88?,89?,90?,91?,94?/m1/s1. The van der Waals surface area contributed by atoms with Gasteiger partial charge >= 0.3 is 18.0 Å². The summed E-state index contributed by atoms with van der Waals surface area (Å²) < 4.78 is 63.6. The van der Waals surface area contributed by atoms with Gasteiger partial charge in [0.1, 0.15) is 47.5 Å². The second-order valence-electron chi connectivity index (χ2n) is 36.7. The number of ether oxygens (including phenoxy) is 11. The quantitative estimate of drug-likeness (QED) is 0.0117. The van der Waals surface area contributed by atoms with E-state index in [1.165, 1.54) is 0 Å². The third-order valence-electron chi connectivity index (χ3n) is 25.4. The third-order valence-corrected chi connectivity index (χ3v) is 28.2. The number of ketones is 4. The molecule has 35 heteroatoms. The van der Waals surface area contributed by atoms with E-state index in [0.717, 1.165) is 89.2 Å². The average molecular weight is 1880 g/mol. The Hall–Kier alpha value is -4.19. The van der Waals surface area contributed by atoms with Crippen LogP contribution in [0.1, 0.15) is 298 Å². The largest absolute Gasteiger partial charge is 0.466 e. The summed E-state index contributed by atoms with van der Waals surface area (Å²) in [7, 11) is 5.00. The minimum atomic E-state index is -1.23. The van der Waals surface area contributed by atoms with Crippen LogP contribution in [0, 0.1) is 40.9 Å². The minimum Gasteiger partial charge on any atom is -0.466 e. The number of aliphatic hydroxyl groups excluding tert-OH is 10. The predicted molar refractivity (Wildman–Crippen MR) is 487 cm³/mol. The molecule has 0 aromatic carbocycles. The smallest absolute Gasteiger partial charge is 0.407 e. The second-order valence-corrected chi connectivity index (χ2v) is 39.3. The number of hydrogen-bond acceptors (Lipinski definition) is 32. The van der Waals surface area contributed by atoms with Crippen LogP contribution in [-0.2, 0) is 90.5 Å². The molecule has 129 heavy (non-hydrogen) atoms. The monoisotopic (exact) mass is 1880 g/mol. The molecule has 4 fully saturated rings. The van der Waals surface area contributed by atoms with Crippen molar-refractivity contribution < 1.29 is 146 Å². The molecular weight excluding hydrogens is 1720 g/mol. The molecular formula is C94H167N3O30S2. The number of carbonyl (C=O) groups is 9. The first-order chi connectivity index (χ1) is 62.0. The van der Waals surface area contributed by atoms with Gasteiger partial charge in [-0.05, 0) is 160 Å². The summed E-state index contributed by atoms with van der Waals surface area (Å²) in [5.74, 6) is -1.06. The maximum Gasteiger partial charge on any atom is 0.407 e. The van der Waals surface area contributed by atoms with Gasteiger partial charge < -0.3 is 119 Å². The van der Waals surface area contributed by atoms with Crippen molar-refractivity contribution in [1.82, 2.24) is 16.0 Å². The number of nitrogens with one attached hydrogen (secondary N) is 3. The van der Waals surface area contributed by atoms with E-state index in [1.807, 2.05) is 20.8 Å². The van der Waals surface area contributed by atoms with Crippen molar-refractivity contribution in [3.8, 4) is 0 Å². The summed E-state index contributed by atoms with van der Waals surface area (Å²) in [4.78, 5) is 117. The van der Waals surface area contributed by atoms with Crippen LogP contribution >= 0.6 is 21.6 Å². The van der Waals surface area contributed by atoms with Gasteiger partial charge in [-0.15, -0.1) is 0 Å². The molecule has 2 aliphatic carbocycles. The summed E-state index contributed by atoms with van der Waals surface area (Å²) in [5, 5.41) is 109. The fraction of sp³-hybridized carbons (Fsp3) is 0.904. The van der Waals surface area contributed by atoms with Crippen LogP contribution in [0.2, 0.25) is 0 Å². The Morgan fingerprint density at radius 2 is 0.845 bits per heavy atom. The van der Waals surface area contributed by atoms with Crippen molar-refractivity contribution in [3.05, 3.63) is 0 Å². The first kappa shape index (κ1) is 117. The maximum atomic E-state index is 14.3. The summed E-state index contributed by atoms with van der Waals surface area (Å²) in [6.07, 6.45) is 11.7. The lowest BCUT2D eigenvalue weighted by Crippen LogP contribution is -2.55. The fourth-order valence-corrected chi connectivity index (χ4v) is 19.8. The van der Waals surface area contributed by atoms with Crippen molar-refractivity contribution in [2.45, 2.75) is 377 Å². The molecule has 13 N–H and O–H groups in total. The number of alkyl carbamates (subject to hydrolysis) is 1. The van der Waals surface area contributed by atoms with Crippen LogP contribution in [-0.4, -0.2) is 307 Å². The molecule has 0 aromatic rings. The lowest BCUT2D eigenvalue weighted by molar-refractivity contribution is -0.282. The molecule has 0 radical (unpaired) electrons. The van der Waals surface area contributed by atoms with E-state index in [4.69, 9.17) is 52.1 Å². The Morgan fingerprint density at radius 1 is 0.395 bits per heavy atom. The number of amides is 3. The average Bonchev–Trinajstić information content (AvgIpc) is 1.70. The molecule has 2 aliphatic heterocycles. The number of rotatable bonds is 78. The lowest BCUT2D eigenvalue weighted by Gasteiger charge is -2.40. The highest BCUT2D eigenvalue weighted by Crippen LogP contribution is 2.41. The lowest BCUT2D eigenvalue weighted by atomic mass is 9.71. The van der Waals surface area contributed by atoms with E-state index in [2.05, 4.69) is 16.0 Å². The Kier molecular flexibility index (Phi) is 63.2. The van der Waals surface area contributed by atoms with Gasteiger partial charge in [0.2, 0.25) is 11.8 Å². The minimum absolute atomic E-state index is 0.000384. The zero-order valence-corrected chi connectivity index (χ0v) is 80.2. The van der Waals surface area contributed by atoms with Crippen molar-refractivity contribution in [1.29, 1.82) is 0 Å². The van der Waals surface area contributed by atoms with Crippen molar-refractivity contribution in [2.75, 3.05) is 124 Å². The molecule has 2 saturated heterocycles. The first-order valence-electron chi connectivity index (χ1n) is 48.5. The number of aliphatic hydroxyl groups is 10. The Labute approximate surface area is 775 Å². The third kappa shape index (κ3) is 49.9. The predicted octanol–water partition coefficient (Wildman–Crippen LogP) is 9.28. The Bertz CT molecular complexity index is 2830. The molecule has 33 nitrogen and oxygen atoms in total. The van der Waals surface area contributed by atoms with Crippen LogP contribution in [0.5, 0.6) is 0 Å². The number of hydrogen-bond donors (Lipinski definition) is 13. The molecule has 4 aliphatic rings. The van der Waals surface area contributed by atoms with Gasteiger partial charge in [-0.2, -0.15) is 0 Å². The summed E-state index contributed by atoms with van der Waals surface area (Å²) >= 11 is 0. The van der Waals surface area contributed by atoms with Crippen LogP contribution in [0.25, 0.3) is 0 Å². The van der Waals surface area contributed by atoms with Gasteiger partial charge in [0, 0.05) is 158 Å². The highest BCUT2D eigenvalue weighted by molar-refractivity contribution is 8.76. The zero-order valence-electron chi connectivity index (χ0n) is 78.6. The van der Waals surface area contributed by atoms with Gasteiger partial charge in [0.25, 0.3) is 0 Å². The summed E-state index contributed by atoms with van der Waals surface area (Å²) in [6.45, 7) is 11.0. The molecule has 16 unspecified atom stereocenters. The number of Topliss-reactive ketones (excluding diaryl/α,β-unsaturated/α-hetero) is 4. The van der Waals surface area contributed by atoms with Crippen LogP contribution in [0.3, 0.4) is 0 Å². The molecule has 0 spiro atoms. The Balaban J connectivity index is 1.26. The van der Waals surface area contributed by atoms with Gasteiger partial charge in [0.15, 0.2) is 12.6 Å². The van der Waals surface area contributed by atoms with Gasteiger partial charge in [0.05, 0.1) is 108 Å². The molecule has 750 valence electrons. The van der Waals surface area contributed by atoms with E-state index in [9.17, 15) is 94.2 Å². The zero-order chi connectivity index (χ0) is 94.6. The first-order valence-corrected chi connectivity index (χ1v) is 51.0. The normalized spacial score (nSPS) is 25.2. The number of unbranched alkanes of at least 4 members (excludes halogenated alkanes) is 13. The topological polar surface area (TPSA) is 494 Å². The molecule has 3 amide bonds. The van der Waals surface area contributed by atoms with Crippen LogP contribution in [0.4, 0.5) is 4.79 Å². The second kappa shape index (κ2) is 69.6. The number of carbonyl (C=O) groups excluding carboxylic acids is 9. The van der Waals surface area contributed by atoms with E-state index < -0.39 is 109 Å². The van der Waals surface area contributed by atoms with Crippen molar-refractivity contribution >= 4 is 74.6 Å². The van der Waals surface area contributed by atoms with E-state index in [-0.39, 0.29) is 175 Å². The van der Waals surface area contributed by atoms with Crippen molar-refractivity contribution in [2.24, 2.45) is 40.9 Å². The molecule has 2 saturated carbocycles. The van der Waals surface area contributed by atoms with E-state index in [0.29, 0.717) is 180 Å². The Morgan fingerprint density at radius 3 is 1.36 bits per heavy atom. The van der Waals surface area contributed by atoms with Crippen LogP contribution in [0.15, 0.2) is 0 Å². The number of methoxy groups -OCH3 is 1. The van der Waals surface area contributed by atoms with E-state index in [1.54, 1.807) is 42.5 Å². The van der Waals surface area contributed by atoms with Gasteiger partial charge in [-0.25, -0.2) is 4.79 Å². The molecule has 2 heterocycles. The fourth-order valence-electron chi connectivity index (χ4n) is 17.1. The molecule has 4 rings (SSSR count). The van der Waals surface area contributed by atoms with E-state index >= 15 is 0 Å². The van der Waals surface area contributed by atoms with Gasteiger partial charge in [-0.1, -0.05) is 100 Å². The van der Waals surface area contributed by atoms with Gasteiger partial charge in [-0.3, -0.25) is 38.4 Å². The molecule has 18 atom stereocenters. The molecule has 0 bridgehead atoms. The molecule has 0 aromatic heterocycles. The highest BCUT2D eigenvalue weighted by Gasteiger charge is 2.45.